The predicted octanol–water partition coefficient (Wildman–Crippen LogP) is 4.05. The molecule has 0 atom stereocenters. The van der Waals surface area contributed by atoms with E-state index in [1.807, 2.05) is 6.07 Å². The van der Waals surface area contributed by atoms with Gasteiger partial charge in [0.2, 0.25) is 0 Å². The molecule has 0 aliphatic rings. The average Bonchev–Trinajstić information content (AvgIpc) is 2.39. The van der Waals surface area contributed by atoms with E-state index in [-0.39, 0.29) is 5.91 Å². The van der Waals surface area contributed by atoms with Crippen molar-refractivity contribution in [3.05, 3.63) is 50.9 Å². The first-order chi connectivity index (χ1) is 9.49. The number of hydrogen-bond donors (Lipinski definition) is 2. The Morgan fingerprint density at radius 3 is 2.35 bits per heavy atom. The van der Waals surface area contributed by atoms with Crippen molar-refractivity contribution in [2.75, 3.05) is 18.2 Å². The molecule has 3 N–H and O–H groups in total. The fourth-order valence-corrected chi connectivity index (χ4v) is 2.95. The van der Waals surface area contributed by atoms with E-state index >= 15 is 0 Å². The van der Waals surface area contributed by atoms with E-state index in [9.17, 15) is 4.79 Å². The van der Waals surface area contributed by atoms with Crippen LogP contribution < -0.4 is 15.8 Å². The Labute approximate surface area is 133 Å². The molecule has 2 aromatic rings. The molecule has 0 radical (unpaired) electrons. The minimum absolute atomic E-state index is 0.233. The third kappa shape index (κ3) is 3.52. The van der Waals surface area contributed by atoms with E-state index in [2.05, 4.69) is 37.2 Å². The number of amides is 1. The molecule has 0 unspecified atom stereocenters. The van der Waals surface area contributed by atoms with Crippen LogP contribution in [0.5, 0.6) is 5.75 Å². The van der Waals surface area contributed by atoms with Gasteiger partial charge in [0.15, 0.2) is 0 Å². The van der Waals surface area contributed by atoms with Crippen molar-refractivity contribution in [1.29, 1.82) is 0 Å². The zero-order valence-electron chi connectivity index (χ0n) is 10.6. The number of methoxy groups -OCH3 is 1. The van der Waals surface area contributed by atoms with Crippen LogP contribution in [0.1, 0.15) is 10.4 Å². The van der Waals surface area contributed by atoms with Crippen molar-refractivity contribution in [2.24, 2.45) is 0 Å². The number of rotatable bonds is 3. The molecule has 0 aromatic heterocycles. The van der Waals surface area contributed by atoms with Crippen LogP contribution in [0.25, 0.3) is 0 Å². The summed E-state index contributed by atoms with van der Waals surface area (Å²) in [5.41, 5.74) is 7.40. The van der Waals surface area contributed by atoms with Gasteiger partial charge in [-0.25, -0.2) is 0 Å². The predicted molar refractivity (Wildman–Crippen MR) is 87.2 cm³/mol. The Morgan fingerprint density at radius 1 is 1.15 bits per heavy atom. The number of anilines is 2. The van der Waals surface area contributed by atoms with Crippen LogP contribution in [0, 0.1) is 0 Å². The third-order valence-corrected chi connectivity index (χ3v) is 3.55. The second-order valence-corrected chi connectivity index (χ2v) is 5.90. The van der Waals surface area contributed by atoms with Crippen LogP contribution in [0.4, 0.5) is 11.4 Å². The van der Waals surface area contributed by atoms with E-state index in [1.165, 1.54) is 0 Å². The monoisotopic (exact) mass is 398 g/mol. The molecule has 104 valence electrons. The molecule has 0 aliphatic heterocycles. The first kappa shape index (κ1) is 14.9. The van der Waals surface area contributed by atoms with E-state index in [0.29, 0.717) is 22.7 Å². The number of carbonyl (C=O) groups excluding carboxylic acids is 1. The lowest BCUT2D eigenvalue weighted by Gasteiger charge is -2.10. The highest BCUT2D eigenvalue weighted by Crippen LogP contribution is 2.25. The highest BCUT2D eigenvalue weighted by molar-refractivity contribution is 9.11. The van der Waals surface area contributed by atoms with Crippen LogP contribution in [-0.2, 0) is 0 Å². The summed E-state index contributed by atoms with van der Waals surface area (Å²) < 4.78 is 6.70. The molecule has 6 heteroatoms. The number of benzene rings is 2. The second kappa shape index (κ2) is 6.28. The number of halogens is 2. The van der Waals surface area contributed by atoms with Crippen LogP contribution >= 0.6 is 31.9 Å². The number of carbonyl (C=O) groups is 1. The van der Waals surface area contributed by atoms with Gasteiger partial charge >= 0.3 is 0 Å². The summed E-state index contributed by atoms with van der Waals surface area (Å²) in [6.07, 6.45) is 0. The molecule has 0 aliphatic carbocycles. The summed E-state index contributed by atoms with van der Waals surface area (Å²) >= 11 is 6.70. The number of nitrogens with two attached hydrogens (primary N) is 1. The van der Waals surface area contributed by atoms with Crippen LogP contribution in [0.2, 0.25) is 0 Å². The van der Waals surface area contributed by atoms with Gasteiger partial charge in [-0.3, -0.25) is 4.79 Å². The van der Waals surface area contributed by atoms with Crippen molar-refractivity contribution in [3.8, 4) is 5.75 Å². The molecule has 0 bridgehead atoms. The van der Waals surface area contributed by atoms with Gasteiger partial charge in [0.25, 0.3) is 5.91 Å². The third-order valence-electron chi connectivity index (χ3n) is 2.63. The highest BCUT2D eigenvalue weighted by atomic mass is 79.9. The molecule has 0 saturated carbocycles. The average molecular weight is 400 g/mol. The maximum absolute atomic E-state index is 12.2. The van der Waals surface area contributed by atoms with E-state index in [0.717, 1.165) is 8.95 Å². The fraction of sp³-hybridized carbons (Fsp3) is 0.0714. The normalized spacial score (nSPS) is 10.2. The number of ether oxygens (including phenoxy) is 1. The molecule has 4 nitrogen and oxygen atoms in total. The molecule has 1 amide bonds. The standard InChI is InChI=1S/C14H12Br2N2O2/c1-20-11-2-3-13(12(17)7-11)18-14(19)8-4-9(15)6-10(16)5-8/h2-7H,17H2,1H3,(H,18,19). The van der Waals surface area contributed by atoms with Crippen molar-refractivity contribution in [3.63, 3.8) is 0 Å². The maximum atomic E-state index is 12.2. The Bertz CT molecular complexity index is 639. The summed E-state index contributed by atoms with van der Waals surface area (Å²) in [6, 6.07) is 10.4. The molecular weight excluding hydrogens is 388 g/mol. The minimum Gasteiger partial charge on any atom is -0.497 e. The quantitative estimate of drug-likeness (QED) is 0.765. The summed E-state index contributed by atoms with van der Waals surface area (Å²) in [5, 5.41) is 2.77. The molecular formula is C14H12Br2N2O2. The lowest BCUT2D eigenvalue weighted by molar-refractivity contribution is 0.102. The first-order valence-electron chi connectivity index (χ1n) is 5.70. The number of hydrogen-bond acceptors (Lipinski definition) is 3. The summed E-state index contributed by atoms with van der Waals surface area (Å²) in [4.78, 5) is 12.2. The van der Waals surface area contributed by atoms with Crippen LogP contribution in [-0.4, -0.2) is 13.0 Å². The molecule has 20 heavy (non-hydrogen) atoms. The van der Waals surface area contributed by atoms with Crippen molar-refractivity contribution in [2.45, 2.75) is 0 Å². The lowest BCUT2D eigenvalue weighted by Crippen LogP contribution is -2.13. The van der Waals surface area contributed by atoms with Crippen molar-refractivity contribution in [1.82, 2.24) is 0 Å². The molecule has 0 heterocycles. The molecule has 2 rings (SSSR count). The van der Waals surface area contributed by atoms with Gasteiger partial charge in [-0.2, -0.15) is 0 Å². The highest BCUT2D eigenvalue weighted by Gasteiger charge is 2.10. The van der Waals surface area contributed by atoms with E-state index in [1.54, 1.807) is 37.4 Å². The maximum Gasteiger partial charge on any atom is 0.255 e. The smallest absolute Gasteiger partial charge is 0.255 e. The van der Waals surface area contributed by atoms with E-state index in [4.69, 9.17) is 10.5 Å². The fourth-order valence-electron chi connectivity index (χ4n) is 1.66. The van der Waals surface area contributed by atoms with Gasteiger partial charge in [0, 0.05) is 20.6 Å². The van der Waals surface area contributed by atoms with Gasteiger partial charge < -0.3 is 15.8 Å². The van der Waals surface area contributed by atoms with Gasteiger partial charge in [0.05, 0.1) is 18.5 Å². The number of nitrogen functional groups attached to an aromatic ring is 1. The zero-order chi connectivity index (χ0) is 14.7. The molecule has 0 spiro atoms. The van der Waals surface area contributed by atoms with Crippen LogP contribution in [0.15, 0.2) is 45.3 Å². The first-order valence-corrected chi connectivity index (χ1v) is 7.29. The molecule has 2 aromatic carbocycles. The Balaban J connectivity index is 2.23. The van der Waals surface area contributed by atoms with E-state index < -0.39 is 0 Å². The van der Waals surface area contributed by atoms with Gasteiger partial charge in [-0.05, 0) is 30.3 Å². The Morgan fingerprint density at radius 2 is 1.80 bits per heavy atom. The minimum atomic E-state index is -0.233. The summed E-state index contributed by atoms with van der Waals surface area (Å²) in [6.45, 7) is 0. The molecule has 0 saturated heterocycles. The van der Waals surface area contributed by atoms with Gasteiger partial charge in [-0.15, -0.1) is 0 Å². The zero-order valence-corrected chi connectivity index (χ0v) is 13.8. The van der Waals surface area contributed by atoms with Gasteiger partial charge in [0.1, 0.15) is 5.75 Å². The second-order valence-electron chi connectivity index (χ2n) is 4.07. The SMILES string of the molecule is COc1ccc(NC(=O)c2cc(Br)cc(Br)c2)c(N)c1. The number of nitrogens with one attached hydrogen (secondary N) is 1. The largest absolute Gasteiger partial charge is 0.497 e. The van der Waals surface area contributed by atoms with Crippen LogP contribution in [0.3, 0.4) is 0 Å². The topological polar surface area (TPSA) is 64.3 Å². The summed E-state index contributed by atoms with van der Waals surface area (Å²) in [5.74, 6) is 0.412. The Hall–Kier alpha value is -1.53. The van der Waals surface area contributed by atoms with Gasteiger partial charge in [-0.1, -0.05) is 31.9 Å². The van der Waals surface area contributed by atoms with Crippen molar-refractivity contribution < 1.29 is 9.53 Å². The lowest BCUT2D eigenvalue weighted by atomic mass is 10.2. The summed E-state index contributed by atoms with van der Waals surface area (Å²) in [7, 11) is 1.56. The Kier molecular flexibility index (Phi) is 4.67. The van der Waals surface area contributed by atoms with Crippen molar-refractivity contribution >= 4 is 49.1 Å². The molecule has 0 fully saturated rings.